The lowest BCUT2D eigenvalue weighted by Crippen LogP contribution is -2.51. The number of aliphatic hydroxyl groups is 2. The van der Waals surface area contributed by atoms with Gasteiger partial charge in [0.25, 0.3) is 0 Å². The van der Waals surface area contributed by atoms with E-state index in [1.165, 1.54) is 25.7 Å². The Morgan fingerprint density at radius 2 is 1.21 bits per heavy atom. The number of carbonyl (C=O) groups excluding carboxylic acids is 2. The van der Waals surface area contributed by atoms with Crippen LogP contribution in [0.5, 0.6) is 0 Å². The molecule has 2 saturated heterocycles. The van der Waals surface area contributed by atoms with Gasteiger partial charge < -0.3 is 48.1 Å². The highest BCUT2D eigenvalue weighted by molar-refractivity contribution is 5.62. The summed E-state index contributed by atoms with van der Waals surface area (Å²) < 4.78 is 43.2. The molecule has 0 radical (unpaired) electrons. The Morgan fingerprint density at radius 1 is 0.711 bits per heavy atom. The summed E-state index contributed by atoms with van der Waals surface area (Å²) >= 11 is 0. The van der Waals surface area contributed by atoms with E-state index in [2.05, 4.69) is 0 Å². The van der Waals surface area contributed by atoms with Crippen molar-refractivity contribution in [2.24, 2.45) is 11.8 Å². The summed E-state index contributed by atoms with van der Waals surface area (Å²) in [6, 6.07) is 0. The van der Waals surface area contributed by atoms with Gasteiger partial charge in [0.1, 0.15) is 37.6 Å². The van der Waals surface area contributed by atoms with Gasteiger partial charge in [0.15, 0.2) is 12.2 Å². The second-order valence-electron chi connectivity index (χ2n) is 10.7. The van der Waals surface area contributed by atoms with Gasteiger partial charge in [0, 0.05) is 13.2 Å². The maximum atomic E-state index is 11.4. The Bertz CT molecular complexity index is 723. The van der Waals surface area contributed by atoms with Crippen LogP contribution in [0.3, 0.4) is 0 Å². The largest absolute Gasteiger partial charge is 0.508 e. The Labute approximate surface area is 223 Å². The molecule has 2 N–H and O–H groups in total. The zero-order valence-electron chi connectivity index (χ0n) is 21.9. The first-order chi connectivity index (χ1) is 18.5. The first-order valence-electron chi connectivity index (χ1n) is 13.9. The molecule has 6 atom stereocenters. The number of aliphatic hydroxyl groups excluding tert-OH is 2. The van der Waals surface area contributed by atoms with Crippen molar-refractivity contribution in [2.45, 2.75) is 88.0 Å². The molecule has 0 amide bonds. The van der Waals surface area contributed by atoms with E-state index in [4.69, 9.17) is 37.9 Å². The van der Waals surface area contributed by atoms with E-state index < -0.39 is 48.9 Å². The van der Waals surface area contributed by atoms with Crippen LogP contribution in [0.15, 0.2) is 0 Å². The molecule has 2 heterocycles. The number of hydrogen-bond acceptors (Lipinski definition) is 12. The van der Waals surface area contributed by atoms with E-state index in [1.807, 2.05) is 0 Å². The van der Waals surface area contributed by atoms with Gasteiger partial charge in [-0.25, -0.2) is 9.59 Å². The molecule has 4 aliphatic rings. The second kappa shape index (κ2) is 15.2. The molecule has 2 aliphatic carbocycles. The van der Waals surface area contributed by atoms with Crippen molar-refractivity contribution < 1.29 is 57.7 Å². The number of rotatable bonds is 17. The molecule has 0 aromatic rings. The average Bonchev–Trinajstić information content (AvgIpc) is 3.71. The van der Waals surface area contributed by atoms with Gasteiger partial charge in [-0.1, -0.05) is 25.7 Å². The predicted octanol–water partition coefficient (Wildman–Crippen LogP) is 1.96. The molecule has 2 saturated carbocycles. The average molecular weight is 547 g/mol. The van der Waals surface area contributed by atoms with Crippen molar-refractivity contribution >= 4 is 12.3 Å². The van der Waals surface area contributed by atoms with Crippen LogP contribution in [0.1, 0.15) is 51.4 Å². The maximum absolute atomic E-state index is 11.4. The fourth-order valence-electron chi connectivity index (χ4n) is 5.39. The molecule has 218 valence electrons. The van der Waals surface area contributed by atoms with Crippen LogP contribution in [-0.4, -0.2) is 112 Å². The minimum absolute atomic E-state index is 0.0185. The molecule has 0 aromatic carbocycles. The first kappa shape index (κ1) is 29.3. The molecule has 6 unspecified atom stereocenters. The van der Waals surface area contributed by atoms with Gasteiger partial charge in [-0.2, -0.15) is 0 Å². The van der Waals surface area contributed by atoms with Crippen LogP contribution >= 0.6 is 0 Å². The quantitative estimate of drug-likeness (QED) is 0.257. The van der Waals surface area contributed by atoms with Crippen molar-refractivity contribution in [1.82, 2.24) is 0 Å². The number of hydrogen-bond donors (Lipinski definition) is 2. The lowest BCUT2D eigenvalue weighted by molar-refractivity contribution is -0.180. The van der Waals surface area contributed by atoms with Gasteiger partial charge in [-0.3, -0.25) is 0 Å². The third kappa shape index (κ3) is 9.20. The van der Waals surface area contributed by atoms with Gasteiger partial charge in [0.05, 0.1) is 26.4 Å². The van der Waals surface area contributed by atoms with Crippen LogP contribution < -0.4 is 0 Å². The molecule has 0 spiro atoms. The summed E-state index contributed by atoms with van der Waals surface area (Å²) in [6.45, 7) is 1.06. The minimum atomic E-state index is -1.32. The summed E-state index contributed by atoms with van der Waals surface area (Å²) in [6.07, 6.45) is 1.82. The highest BCUT2D eigenvalue weighted by Crippen LogP contribution is 2.26. The number of cyclic esters (lactones) is 4. The molecule has 4 fully saturated rings. The van der Waals surface area contributed by atoms with Gasteiger partial charge in [-0.05, 0) is 37.5 Å². The molecule has 0 bridgehead atoms. The monoisotopic (exact) mass is 546 g/mol. The Kier molecular flexibility index (Phi) is 11.7. The summed E-state index contributed by atoms with van der Waals surface area (Å²) in [5, 5.41) is 22.4. The van der Waals surface area contributed by atoms with Gasteiger partial charge >= 0.3 is 12.3 Å². The van der Waals surface area contributed by atoms with E-state index in [1.54, 1.807) is 0 Å². The molecule has 38 heavy (non-hydrogen) atoms. The predicted molar refractivity (Wildman–Crippen MR) is 129 cm³/mol. The maximum Gasteiger partial charge on any atom is 0.508 e. The molecular weight excluding hydrogens is 504 g/mol. The number of carbonyl (C=O) groups is 2. The highest BCUT2D eigenvalue weighted by Gasteiger charge is 2.38. The smallest absolute Gasteiger partial charge is 0.430 e. The van der Waals surface area contributed by atoms with Crippen LogP contribution in [0.4, 0.5) is 9.59 Å². The highest BCUT2D eigenvalue weighted by atomic mass is 16.8. The third-order valence-electron chi connectivity index (χ3n) is 7.59. The second-order valence-corrected chi connectivity index (χ2v) is 10.7. The van der Waals surface area contributed by atoms with E-state index >= 15 is 0 Å². The first-order valence-corrected chi connectivity index (χ1v) is 13.9. The van der Waals surface area contributed by atoms with Crippen LogP contribution in [0.2, 0.25) is 0 Å². The summed E-state index contributed by atoms with van der Waals surface area (Å²) in [5.74, 6) is 0.939. The van der Waals surface area contributed by atoms with E-state index in [0.717, 1.165) is 25.7 Å². The topological polar surface area (TPSA) is 148 Å². The van der Waals surface area contributed by atoms with Crippen molar-refractivity contribution in [3.8, 4) is 0 Å². The molecule has 4 rings (SSSR count). The standard InChI is InChI=1S/C26H42O12/c27-21(15-31-9-17-5-1-2-6-17)24(34-12-20-14-36-26(30)38-20)23(28)22(16-32-10-18-7-3-4-8-18)33-11-19-13-35-25(29)37-19/h17-24,27-28H,1-16H2. The summed E-state index contributed by atoms with van der Waals surface area (Å²) in [4.78, 5) is 22.6. The number of ether oxygens (including phenoxy) is 8. The normalized spacial score (nSPS) is 27.5. The fourth-order valence-corrected chi connectivity index (χ4v) is 5.39. The van der Waals surface area contributed by atoms with Crippen molar-refractivity contribution in [1.29, 1.82) is 0 Å². The Morgan fingerprint density at radius 3 is 1.71 bits per heavy atom. The third-order valence-corrected chi connectivity index (χ3v) is 7.59. The molecule has 0 aromatic heterocycles. The van der Waals surface area contributed by atoms with E-state index in [9.17, 15) is 19.8 Å². The van der Waals surface area contributed by atoms with E-state index in [0.29, 0.717) is 25.0 Å². The van der Waals surface area contributed by atoms with Gasteiger partial charge in [-0.15, -0.1) is 0 Å². The Hall–Kier alpha value is -1.70. The zero-order valence-corrected chi connectivity index (χ0v) is 21.9. The van der Waals surface area contributed by atoms with Crippen molar-refractivity contribution in [3.05, 3.63) is 0 Å². The molecule has 2 aliphatic heterocycles. The molecule has 12 nitrogen and oxygen atoms in total. The fraction of sp³-hybridized carbons (Fsp3) is 0.923. The summed E-state index contributed by atoms with van der Waals surface area (Å²) in [5.41, 5.74) is 0. The lowest BCUT2D eigenvalue weighted by atomic mass is 10.0. The van der Waals surface area contributed by atoms with Crippen LogP contribution in [-0.2, 0) is 37.9 Å². The van der Waals surface area contributed by atoms with Crippen LogP contribution in [0, 0.1) is 11.8 Å². The van der Waals surface area contributed by atoms with Crippen molar-refractivity contribution in [2.75, 3.05) is 52.9 Å². The lowest BCUT2D eigenvalue weighted by Gasteiger charge is -2.33. The molecular formula is C26H42O12. The minimum Gasteiger partial charge on any atom is -0.430 e. The molecule has 12 heteroatoms. The SMILES string of the molecule is O=C1OCC(COC(COCC2CCCC2)C(O)C(OCC2COC(=O)O2)C(O)COCC2CCCC2)O1. The van der Waals surface area contributed by atoms with E-state index in [-0.39, 0.29) is 39.6 Å². The summed E-state index contributed by atoms with van der Waals surface area (Å²) in [7, 11) is 0. The Balaban J connectivity index is 1.35. The van der Waals surface area contributed by atoms with Crippen LogP contribution in [0.25, 0.3) is 0 Å². The van der Waals surface area contributed by atoms with Crippen molar-refractivity contribution in [3.63, 3.8) is 0 Å². The zero-order chi connectivity index (χ0) is 26.7. The van der Waals surface area contributed by atoms with Gasteiger partial charge in [0.2, 0.25) is 0 Å².